The number of oxazole rings is 1. The molecule has 0 radical (unpaired) electrons. The molecule has 1 aromatic carbocycles. The largest absolute Gasteiger partial charge is 0.441 e. The van der Waals surface area contributed by atoms with Crippen molar-refractivity contribution in [3.05, 3.63) is 42.2 Å². The van der Waals surface area contributed by atoms with E-state index >= 15 is 0 Å². The van der Waals surface area contributed by atoms with Gasteiger partial charge in [-0.2, -0.15) is 0 Å². The summed E-state index contributed by atoms with van der Waals surface area (Å²) >= 11 is 0. The molecule has 1 fully saturated rings. The highest BCUT2D eigenvalue weighted by molar-refractivity contribution is 7.91. The van der Waals surface area contributed by atoms with Crippen LogP contribution in [0.25, 0.3) is 11.3 Å². The predicted molar refractivity (Wildman–Crippen MR) is 85.4 cm³/mol. The second-order valence-electron chi connectivity index (χ2n) is 5.79. The summed E-state index contributed by atoms with van der Waals surface area (Å²) in [6, 6.07) is 5.54. The van der Waals surface area contributed by atoms with Crippen LogP contribution in [0.5, 0.6) is 0 Å². The number of hydrogen-bond donors (Lipinski definition) is 1. The Labute approximate surface area is 139 Å². The van der Waals surface area contributed by atoms with E-state index in [1.165, 1.54) is 18.3 Å². The van der Waals surface area contributed by atoms with E-state index in [0.29, 0.717) is 30.1 Å². The molecule has 6 nitrogen and oxygen atoms in total. The second kappa shape index (κ2) is 6.72. The molecule has 1 saturated heterocycles. The van der Waals surface area contributed by atoms with Crippen LogP contribution in [-0.2, 0) is 21.1 Å². The van der Waals surface area contributed by atoms with Crippen LogP contribution in [0.4, 0.5) is 4.39 Å². The Balaban J connectivity index is 1.52. The normalized spacial score (nSPS) is 19.3. The zero-order valence-electron chi connectivity index (χ0n) is 12.9. The Morgan fingerprint density at radius 2 is 2.08 bits per heavy atom. The molecule has 2 aromatic rings. The maximum atomic E-state index is 12.9. The summed E-state index contributed by atoms with van der Waals surface area (Å²) in [6.45, 7) is 0. The number of nitrogens with one attached hydrogen (secondary N) is 1. The molecule has 0 aliphatic carbocycles. The molecule has 1 aromatic heterocycles. The fraction of sp³-hybridized carbons (Fsp3) is 0.375. The van der Waals surface area contributed by atoms with Gasteiger partial charge in [-0.05, 0) is 30.7 Å². The molecule has 1 N–H and O–H groups in total. The van der Waals surface area contributed by atoms with Crippen molar-refractivity contribution in [2.45, 2.75) is 25.3 Å². The molecular formula is C16H17FN2O4S. The lowest BCUT2D eigenvalue weighted by atomic mass is 10.2. The number of aromatic nitrogens is 1. The first kappa shape index (κ1) is 16.6. The summed E-state index contributed by atoms with van der Waals surface area (Å²) in [7, 11) is -3.01. The topological polar surface area (TPSA) is 89.3 Å². The summed E-state index contributed by atoms with van der Waals surface area (Å²) < 4.78 is 41.2. The number of amides is 1. The number of aryl methyl sites for hydroxylation is 1. The van der Waals surface area contributed by atoms with Gasteiger partial charge in [0.2, 0.25) is 5.91 Å². The van der Waals surface area contributed by atoms with Crippen molar-refractivity contribution in [2.75, 3.05) is 11.5 Å². The standard InChI is InChI=1S/C16H17FN2O4S/c17-12-3-1-11(2-4-12)14-9-18-16(23-14)6-5-15(20)19-13-7-8-24(21,22)10-13/h1-4,9,13H,5-8,10H2,(H,19,20). The minimum Gasteiger partial charge on any atom is -0.441 e. The van der Waals surface area contributed by atoms with Crippen LogP contribution in [0.2, 0.25) is 0 Å². The zero-order valence-corrected chi connectivity index (χ0v) is 13.7. The van der Waals surface area contributed by atoms with E-state index in [2.05, 4.69) is 10.3 Å². The number of halogens is 1. The number of rotatable bonds is 5. The Kier molecular flexibility index (Phi) is 4.66. The van der Waals surface area contributed by atoms with Crippen molar-refractivity contribution in [3.63, 3.8) is 0 Å². The molecule has 1 aliphatic heterocycles. The van der Waals surface area contributed by atoms with Crippen LogP contribution < -0.4 is 5.32 Å². The molecule has 24 heavy (non-hydrogen) atoms. The van der Waals surface area contributed by atoms with E-state index in [4.69, 9.17) is 4.42 Å². The maximum absolute atomic E-state index is 12.9. The minimum absolute atomic E-state index is 0.00641. The van der Waals surface area contributed by atoms with E-state index in [-0.39, 0.29) is 35.7 Å². The van der Waals surface area contributed by atoms with Gasteiger partial charge in [0.15, 0.2) is 21.5 Å². The Bertz CT molecular complexity index is 830. The van der Waals surface area contributed by atoms with Crippen LogP contribution in [-0.4, -0.2) is 36.9 Å². The van der Waals surface area contributed by atoms with Gasteiger partial charge < -0.3 is 9.73 Å². The molecular weight excluding hydrogens is 335 g/mol. The van der Waals surface area contributed by atoms with Gasteiger partial charge in [-0.15, -0.1) is 0 Å². The summed E-state index contributed by atoms with van der Waals surface area (Å²) in [6.07, 6.45) is 2.47. The molecule has 128 valence electrons. The van der Waals surface area contributed by atoms with Gasteiger partial charge in [0.05, 0.1) is 17.7 Å². The molecule has 1 atom stereocenters. The average Bonchev–Trinajstić information content (AvgIpc) is 3.12. The fourth-order valence-corrected chi connectivity index (χ4v) is 4.28. The maximum Gasteiger partial charge on any atom is 0.220 e. The van der Waals surface area contributed by atoms with E-state index in [0.717, 1.165) is 0 Å². The van der Waals surface area contributed by atoms with Gasteiger partial charge in [0, 0.05) is 24.4 Å². The highest BCUT2D eigenvalue weighted by atomic mass is 32.2. The molecule has 1 unspecified atom stereocenters. The quantitative estimate of drug-likeness (QED) is 0.885. The highest BCUT2D eigenvalue weighted by Gasteiger charge is 2.28. The molecule has 0 spiro atoms. The number of carbonyl (C=O) groups is 1. The average molecular weight is 352 g/mol. The Hall–Kier alpha value is -2.22. The summed E-state index contributed by atoms with van der Waals surface area (Å²) in [5.74, 6) is 0.490. The first-order chi connectivity index (χ1) is 11.4. The number of nitrogens with zero attached hydrogens (tertiary/aromatic N) is 1. The van der Waals surface area contributed by atoms with Crippen molar-refractivity contribution in [2.24, 2.45) is 0 Å². The molecule has 2 heterocycles. The van der Waals surface area contributed by atoms with Crippen LogP contribution in [0.3, 0.4) is 0 Å². The van der Waals surface area contributed by atoms with Crippen molar-refractivity contribution in [1.82, 2.24) is 10.3 Å². The fourth-order valence-electron chi connectivity index (χ4n) is 2.60. The van der Waals surface area contributed by atoms with Crippen LogP contribution >= 0.6 is 0 Å². The van der Waals surface area contributed by atoms with E-state index in [1.54, 1.807) is 12.1 Å². The molecule has 0 bridgehead atoms. The first-order valence-corrected chi connectivity index (χ1v) is 9.44. The van der Waals surface area contributed by atoms with Gasteiger partial charge in [0.1, 0.15) is 5.82 Å². The van der Waals surface area contributed by atoms with Gasteiger partial charge in [-0.25, -0.2) is 17.8 Å². The van der Waals surface area contributed by atoms with Gasteiger partial charge in [0.25, 0.3) is 0 Å². The van der Waals surface area contributed by atoms with Crippen LogP contribution in [0.1, 0.15) is 18.7 Å². The number of benzene rings is 1. The van der Waals surface area contributed by atoms with E-state index in [1.807, 2.05) is 0 Å². The number of sulfone groups is 1. The molecule has 8 heteroatoms. The third-order valence-electron chi connectivity index (χ3n) is 3.85. The third-order valence-corrected chi connectivity index (χ3v) is 5.61. The second-order valence-corrected chi connectivity index (χ2v) is 8.02. The van der Waals surface area contributed by atoms with E-state index < -0.39 is 9.84 Å². The Morgan fingerprint density at radius 3 is 2.75 bits per heavy atom. The molecule has 0 saturated carbocycles. The van der Waals surface area contributed by atoms with Crippen molar-refractivity contribution < 1.29 is 22.0 Å². The third kappa shape index (κ3) is 4.19. The minimum atomic E-state index is -3.01. The van der Waals surface area contributed by atoms with Crippen molar-refractivity contribution in [3.8, 4) is 11.3 Å². The number of hydrogen-bond acceptors (Lipinski definition) is 5. The summed E-state index contributed by atoms with van der Waals surface area (Å²) in [5.41, 5.74) is 0.704. The van der Waals surface area contributed by atoms with Crippen molar-refractivity contribution in [1.29, 1.82) is 0 Å². The van der Waals surface area contributed by atoms with Crippen LogP contribution in [0.15, 0.2) is 34.9 Å². The molecule has 1 amide bonds. The lowest BCUT2D eigenvalue weighted by Gasteiger charge is -2.09. The SMILES string of the molecule is O=C(CCc1ncc(-c2ccc(F)cc2)o1)NC1CCS(=O)(=O)C1. The zero-order chi connectivity index (χ0) is 17.2. The number of carbonyl (C=O) groups excluding carboxylic acids is 1. The monoisotopic (exact) mass is 352 g/mol. The Morgan fingerprint density at radius 1 is 1.33 bits per heavy atom. The van der Waals surface area contributed by atoms with Crippen LogP contribution in [0, 0.1) is 5.82 Å². The van der Waals surface area contributed by atoms with Crippen molar-refractivity contribution >= 4 is 15.7 Å². The molecule has 3 rings (SSSR count). The highest BCUT2D eigenvalue weighted by Crippen LogP contribution is 2.21. The summed E-state index contributed by atoms with van der Waals surface area (Å²) in [5, 5.41) is 2.72. The lowest BCUT2D eigenvalue weighted by Crippen LogP contribution is -2.35. The van der Waals surface area contributed by atoms with Gasteiger partial charge in [-0.1, -0.05) is 0 Å². The summed E-state index contributed by atoms with van der Waals surface area (Å²) in [4.78, 5) is 16.0. The predicted octanol–water partition coefficient (Wildman–Crippen LogP) is 1.72. The van der Waals surface area contributed by atoms with E-state index in [9.17, 15) is 17.6 Å². The first-order valence-electron chi connectivity index (χ1n) is 7.62. The smallest absolute Gasteiger partial charge is 0.220 e. The molecule has 1 aliphatic rings. The lowest BCUT2D eigenvalue weighted by molar-refractivity contribution is -0.121. The van der Waals surface area contributed by atoms with Gasteiger partial charge >= 0.3 is 0 Å². The van der Waals surface area contributed by atoms with Gasteiger partial charge in [-0.3, -0.25) is 4.79 Å².